The topological polar surface area (TPSA) is 81.4 Å². The van der Waals surface area contributed by atoms with E-state index < -0.39 is 17.4 Å². The van der Waals surface area contributed by atoms with Crippen LogP contribution in [-0.2, 0) is 28.3 Å². The van der Waals surface area contributed by atoms with Crippen LogP contribution in [0.25, 0.3) is 22.3 Å². The summed E-state index contributed by atoms with van der Waals surface area (Å²) in [6, 6.07) is 5.76. The van der Waals surface area contributed by atoms with Gasteiger partial charge in [-0.3, -0.25) is 4.79 Å². The Balaban J connectivity index is 1.84. The van der Waals surface area contributed by atoms with Gasteiger partial charge in [0.15, 0.2) is 5.60 Å². The molecule has 1 N–H and O–H groups in total. The molecule has 0 fully saturated rings. The van der Waals surface area contributed by atoms with Crippen molar-refractivity contribution in [2.75, 3.05) is 0 Å². The third-order valence-electron chi connectivity index (χ3n) is 5.37. The highest BCUT2D eigenvalue weighted by Crippen LogP contribution is 2.38. The van der Waals surface area contributed by atoms with Crippen LogP contribution in [0.2, 0.25) is 0 Å². The van der Waals surface area contributed by atoms with E-state index in [4.69, 9.17) is 6.11 Å². The summed E-state index contributed by atoms with van der Waals surface area (Å²) in [6.45, 7) is 1.57. The summed E-state index contributed by atoms with van der Waals surface area (Å²) in [4.78, 5) is 29.7. The van der Waals surface area contributed by atoms with Crippen molar-refractivity contribution < 1.29 is 20.4 Å². The molecule has 0 saturated carbocycles. The number of hydrogen-bond donors (Lipinski definition) is 1. The summed E-state index contributed by atoms with van der Waals surface area (Å²) < 4.78 is 28.6. The van der Waals surface area contributed by atoms with E-state index in [2.05, 4.69) is 4.98 Å². The number of nitrogens with zero attached hydrogens (tertiary/aromatic N) is 2. The molecule has 0 bridgehead atoms. The molecule has 1 aromatic carbocycles. The molecule has 136 valence electrons. The standard InChI is InChI=1S/C20H15FN2O4/c1-2-20(26)14-7-16-17-11(5-10-3-4-12(21)6-15(10)22-17)8-23(16)18(24)13(14)9-27-19(20)25/h3-7,26H,2,8-9H2,1H3/t20-/m0/s1/i5T. The van der Waals surface area contributed by atoms with E-state index in [1.165, 1.54) is 22.8 Å². The lowest BCUT2D eigenvalue weighted by Gasteiger charge is -2.31. The fraction of sp³-hybridized carbons (Fsp3) is 0.250. The van der Waals surface area contributed by atoms with Crippen molar-refractivity contribution in [1.29, 1.82) is 0 Å². The highest BCUT2D eigenvalue weighted by molar-refractivity contribution is 5.86. The minimum absolute atomic E-state index is 0.0502. The maximum Gasteiger partial charge on any atom is 0.343 e. The lowest BCUT2D eigenvalue weighted by Crippen LogP contribution is -2.44. The van der Waals surface area contributed by atoms with E-state index in [-0.39, 0.29) is 42.3 Å². The predicted octanol–water partition coefficient (Wildman–Crippen LogP) is 2.22. The number of carbonyl (C=O) groups excluding carboxylic acids is 1. The number of aliphatic hydroxyl groups is 1. The molecule has 5 rings (SSSR count). The van der Waals surface area contributed by atoms with Crippen molar-refractivity contribution in [2.45, 2.75) is 32.1 Å². The molecular formula is C20H15FN2O4. The lowest BCUT2D eigenvalue weighted by molar-refractivity contribution is -0.172. The number of rotatable bonds is 1. The van der Waals surface area contributed by atoms with E-state index in [0.29, 0.717) is 27.9 Å². The molecule has 4 heterocycles. The monoisotopic (exact) mass is 368 g/mol. The predicted molar refractivity (Wildman–Crippen MR) is 94.5 cm³/mol. The molecule has 0 radical (unpaired) electrons. The Morgan fingerprint density at radius 1 is 1.41 bits per heavy atom. The Hall–Kier alpha value is -3.06. The number of aromatic nitrogens is 2. The second-order valence-corrected chi connectivity index (χ2v) is 6.83. The van der Waals surface area contributed by atoms with E-state index in [1.807, 2.05) is 0 Å². The van der Waals surface area contributed by atoms with Crippen LogP contribution in [0.1, 0.15) is 31.4 Å². The van der Waals surface area contributed by atoms with Crippen LogP contribution < -0.4 is 5.56 Å². The average molecular weight is 368 g/mol. The van der Waals surface area contributed by atoms with Gasteiger partial charge in [0.2, 0.25) is 0 Å². The number of carbonyl (C=O) groups is 1. The van der Waals surface area contributed by atoms with Gasteiger partial charge < -0.3 is 14.4 Å². The van der Waals surface area contributed by atoms with Gasteiger partial charge in [-0.25, -0.2) is 14.2 Å². The van der Waals surface area contributed by atoms with Gasteiger partial charge in [-0.2, -0.15) is 0 Å². The second kappa shape index (κ2) is 5.23. The van der Waals surface area contributed by atoms with Gasteiger partial charge in [0.25, 0.3) is 5.56 Å². The Bertz CT molecular complexity index is 1270. The summed E-state index contributed by atoms with van der Waals surface area (Å²) >= 11 is 0. The molecule has 0 aliphatic carbocycles. The number of halogens is 1. The zero-order valence-corrected chi connectivity index (χ0v) is 14.4. The van der Waals surface area contributed by atoms with E-state index in [0.717, 1.165) is 0 Å². The number of benzene rings is 1. The number of hydrogen-bond acceptors (Lipinski definition) is 5. The molecule has 2 aliphatic heterocycles. The van der Waals surface area contributed by atoms with Gasteiger partial charge in [0.1, 0.15) is 12.4 Å². The maximum atomic E-state index is 13.7. The van der Waals surface area contributed by atoms with E-state index in [1.54, 1.807) is 13.0 Å². The first-order valence-corrected chi connectivity index (χ1v) is 8.61. The number of cyclic esters (lactones) is 1. The molecular weight excluding hydrogens is 351 g/mol. The van der Waals surface area contributed by atoms with Crippen LogP contribution in [0.3, 0.4) is 0 Å². The summed E-state index contributed by atoms with van der Waals surface area (Å²) in [5.41, 5.74) is -0.207. The number of esters is 1. The van der Waals surface area contributed by atoms with Crippen molar-refractivity contribution >= 4 is 16.9 Å². The van der Waals surface area contributed by atoms with Gasteiger partial charge in [-0.05, 0) is 30.7 Å². The van der Waals surface area contributed by atoms with Crippen LogP contribution in [0.4, 0.5) is 4.39 Å². The van der Waals surface area contributed by atoms with Crippen LogP contribution in [0, 0.1) is 5.82 Å². The Labute approximate surface area is 154 Å². The molecule has 0 amide bonds. The highest BCUT2D eigenvalue weighted by Gasteiger charge is 2.45. The fourth-order valence-corrected chi connectivity index (χ4v) is 3.85. The summed E-state index contributed by atoms with van der Waals surface area (Å²) in [6.07, 6.45) is 0.0502. The van der Waals surface area contributed by atoms with Crippen molar-refractivity contribution in [3.63, 3.8) is 0 Å². The zero-order valence-electron chi connectivity index (χ0n) is 15.4. The third-order valence-corrected chi connectivity index (χ3v) is 5.37. The molecule has 2 aliphatic rings. The molecule has 2 aromatic heterocycles. The van der Waals surface area contributed by atoms with Gasteiger partial charge in [0, 0.05) is 22.6 Å². The molecule has 6 nitrogen and oxygen atoms in total. The summed E-state index contributed by atoms with van der Waals surface area (Å²) in [5, 5.41) is 11.3. The maximum absolute atomic E-state index is 13.7. The smallest absolute Gasteiger partial charge is 0.343 e. The van der Waals surface area contributed by atoms with Gasteiger partial charge in [0.05, 0.1) is 30.4 Å². The van der Waals surface area contributed by atoms with Gasteiger partial charge >= 0.3 is 5.97 Å². The zero-order chi connectivity index (χ0) is 19.8. The second-order valence-electron chi connectivity index (χ2n) is 6.83. The van der Waals surface area contributed by atoms with Crippen molar-refractivity contribution in [2.24, 2.45) is 0 Å². The van der Waals surface area contributed by atoms with Crippen LogP contribution in [-0.4, -0.2) is 20.6 Å². The van der Waals surface area contributed by atoms with Crippen molar-refractivity contribution in [3.8, 4) is 11.4 Å². The van der Waals surface area contributed by atoms with Gasteiger partial charge in [-0.15, -0.1) is 0 Å². The Morgan fingerprint density at radius 3 is 3.00 bits per heavy atom. The van der Waals surface area contributed by atoms with Gasteiger partial charge in [-0.1, -0.05) is 6.92 Å². The fourth-order valence-electron chi connectivity index (χ4n) is 3.85. The molecule has 3 aromatic rings. The van der Waals surface area contributed by atoms with Crippen LogP contribution in [0.15, 0.2) is 35.1 Å². The minimum Gasteiger partial charge on any atom is -0.458 e. The Morgan fingerprint density at radius 2 is 2.22 bits per heavy atom. The van der Waals surface area contributed by atoms with Crippen LogP contribution in [0.5, 0.6) is 0 Å². The molecule has 0 spiro atoms. The number of ether oxygens (including phenoxy) is 1. The summed E-state index contributed by atoms with van der Waals surface area (Å²) in [7, 11) is 0. The highest BCUT2D eigenvalue weighted by atomic mass is 19.1. The number of pyridine rings is 2. The third kappa shape index (κ3) is 2.06. The van der Waals surface area contributed by atoms with E-state index in [9.17, 15) is 19.1 Å². The molecule has 0 unspecified atom stereocenters. The van der Waals surface area contributed by atoms with Crippen molar-refractivity contribution in [3.05, 3.63) is 63.2 Å². The van der Waals surface area contributed by atoms with Crippen LogP contribution >= 0.6 is 0 Å². The minimum atomic E-state index is -1.90. The first kappa shape index (κ1) is 15.0. The molecule has 0 saturated heterocycles. The first-order chi connectivity index (χ1) is 13.3. The number of fused-ring (bicyclic) bond motifs is 5. The van der Waals surface area contributed by atoms with Crippen molar-refractivity contribution in [1.82, 2.24) is 9.55 Å². The largest absolute Gasteiger partial charge is 0.458 e. The SMILES string of the molecule is [3H]c1c2c(nc3cc(F)ccc13)-c1cc3c(c(=O)n1C2)COC(=O)[C@]3(O)CC. The lowest BCUT2D eigenvalue weighted by atomic mass is 9.86. The first-order valence-electron chi connectivity index (χ1n) is 9.11. The molecule has 1 atom stereocenters. The molecule has 27 heavy (non-hydrogen) atoms. The Kier molecular flexibility index (Phi) is 2.91. The normalized spacial score (nSPS) is 20.7. The molecule has 7 heteroatoms. The average Bonchev–Trinajstić information content (AvgIpc) is 3.04. The van der Waals surface area contributed by atoms with E-state index >= 15 is 0 Å². The quantitative estimate of drug-likeness (QED) is 0.521. The summed E-state index contributed by atoms with van der Waals surface area (Å²) in [5.74, 6) is -1.26.